The molecule has 3 rings (SSSR count). The molecule has 0 spiro atoms. The van der Waals surface area contributed by atoms with Crippen LogP contribution in [-0.4, -0.2) is 24.1 Å². The molecule has 2 fully saturated rings. The average Bonchev–Trinajstić information content (AvgIpc) is 3.35. The Kier molecular flexibility index (Phi) is 3.57. The van der Waals surface area contributed by atoms with E-state index in [9.17, 15) is 9.59 Å². The van der Waals surface area contributed by atoms with Crippen molar-refractivity contribution in [2.45, 2.75) is 25.8 Å². The topological polar surface area (TPSA) is 75.6 Å². The van der Waals surface area contributed by atoms with Gasteiger partial charge in [0.25, 0.3) is 0 Å². The van der Waals surface area contributed by atoms with E-state index in [1.165, 1.54) is 20.0 Å². The number of benzene rings is 1. The number of nitrogens with one attached hydrogen (secondary N) is 1. The number of amides is 1. The van der Waals surface area contributed by atoms with Gasteiger partial charge in [-0.3, -0.25) is 4.79 Å². The van der Waals surface area contributed by atoms with Crippen molar-refractivity contribution in [1.29, 1.82) is 0 Å². The van der Waals surface area contributed by atoms with Crippen LogP contribution in [0.1, 0.15) is 35.2 Å². The number of rotatable bonds is 6. The maximum atomic E-state index is 12.0. The molecule has 0 unspecified atom stereocenters. The van der Waals surface area contributed by atoms with E-state index in [4.69, 9.17) is 9.84 Å². The van der Waals surface area contributed by atoms with Crippen LogP contribution >= 0.6 is 0 Å². The number of carbonyl (C=O) groups excluding carboxylic acids is 1. The van der Waals surface area contributed by atoms with Crippen molar-refractivity contribution in [3.63, 3.8) is 0 Å². The van der Waals surface area contributed by atoms with Crippen LogP contribution in [0.25, 0.3) is 0 Å². The highest BCUT2D eigenvalue weighted by Gasteiger charge is 2.50. The van der Waals surface area contributed by atoms with E-state index in [1.807, 2.05) is 0 Å². The maximum Gasteiger partial charge on any atom is 0.339 e. The fourth-order valence-corrected chi connectivity index (χ4v) is 2.91. The van der Waals surface area contributed by atoms with Gasteiger partial charge in [0.05, 0.1) is 7.11 Å². The minimum atomic E-state index is -1.03. The quantitative estimate of drug-likeness (QED) is 0.840. The fraction of sp³-hybridized carbons (Fsp3) is 0.500. The largest absolute Gasteiger partial charge is 0.496 e. The van der Waals surface area contributed by atoms with E-state index in [1.54, 1.807) is 18.2 Å². The smallest absolute Gasteiger partial charge is 0.339 e. The summed E-state index contributed by atoms with van der Waals surface area (Å²) in [7, 11) is 1.44. The van der Waals surface area contributed by atoms with Gasteiger partial charge in [0.15, 0.2) is 0 Å². The van der Waals surface area contributed by atoms with Gasteiger partial charge in [0.1, 0.15) is 11.3 Å². The fourth-order valence-electron chi connectivity index (χ4n) is 2.91. The standard InChI is InChI=1S/C16H19NO4/c1-21-14-5-2-9(6-13(14)16(19)20)8-17-15(18)12-7-11(12)10-3-4-10/h2,5-6,10-12H,3-4,7-8H2,1H3,(H,17,18)(H,19,20)/t11-,12+/m0/s1. The van der Waals surface area contributed by atoms with Crippen molar-refractivity contribution < 1.29 is 19.4 Å². The van der Waals surface area contributed by atoms with Gasteiger partial charge < -0.3 is 15.2 Å². The van der Waals surface area contributed by atoms with Crippen LogP contribution in [0.5, 0.6) is 5.75 Å². The lowest BCUT2D eigenvalue weighted by Crippen LogP contribution is -2.25. The van der Waals surface area contributed by atoms with E-state index in [2.05, 4.69) is 5.32 Å². The molecule has 2 aliphatic rings. The zero-order valence-corrected chi connectivity index (χ0v) is 12.0. The first kappa shape index (κ1) is 13.9. The first-order valence-electron chi connectivity index (χ1n) is 7.28. The van der Waals surface area contributed by atoms with Gasteiger partial charge in [0.2, 0.25) is 5.91 Å². The maximum absolute atomic E-state index is 12.0. The molecule has 2 N–H and O–H groups in total. The third-order valence-electron chi connectivity index (χ3n) is 4.37. The molecule has 0 bridgehead atoms. The van der Waals surface area contributed by atoms with Crippen molar-refractivity contribution >= 4 is 11.9 Å². The first-order chi connectivity index (χ1) is 10.1. The first-order valence-corrected chi connectivity index (χ1v) is 7.28. The molecule has 5 nitrogen and oxygen atoms in total. The molecular weight excluding hydrogens is 270 g/mol. The van der Waals surface area contributed by atoms with Gasteiger partial charge in [-0.05, 0) is 48.8 Å². The van der Waals surface area contributed by atoms with Crippen molar-refractivity contribution in [3.05, 3.63) is 29.3 Å². The third-order valence-corrected chi connectivity index (χ3v) is 4.37. The van der Waals surface area contributed by atoms with E-state index in [0.717, 1.165) is 17.9 Å². The highest BCUT2D eigenvalue weighted by atomic mass is 16.5. The van der Waals surface area contributed by atoms with Crippen LogP contribution in [0.2, 0.25) is 0 Å². The van der Waals surface area contributed by atoms with Crippen LogP contribution in [0.3, 0.4) is 0 Å². The molecule has 21 heavy (non-hydrogen) atoms. The van der Waals surface area contributed by atoms with E-state index in [0.29, 0.717) is 18.2 Å². The second-order valence-corrected chi connectivity index (χ2v) is 5.90. The summed E-state index contributed by atoms with van der Waals surface area (Å²) in [6.45, 7) is 0.358. The molecule has 1 aromatic carbocycles. The van der Waals surface area contributed by atoms with E-state index < -0.39 is 5.97 Å². The summed E-state index contributed by atoms with van der Waals surface area (Å²) >= 11 is 0. The summed E-state index contributed by atoms with van der Waals surface area (Å²) in [6.07, 6.45) is 3.56. The molecule has 1 amide bonds. The number of methoxy groups -OCH3 is 1. The summed E-state index contributed by atoms with van der Waals surface area (Å²) in [5.74, 6) is 0.940. The predicted molar refractivity (Wildman–Crippen MR) is 76.1 cm³/mol. The molecule has 0 saturated heterocycles. The molecular formula is C16H19NO4. The molecule has 2 aliphatic carbocycles. The average molecular weight is 289 g/mol. The molecule has 2 atom stereocenters. The Morgan fingerprint density at radius 2 is 2.14 bits per heavy atom. The van der Waals surface area contributed by atoms with E-state index >= 15 is 0 Å². The van der Waals surface area contributed by atoms with Gasteiger partial charge in [-0.25, -0.2) is 4.79 Å². The zero-order chi connectivity index (χ0) is 15.0. The summed E-state index contributed by atoms with van der Waals surface area (Å²) in [5.41, 5.74) is 0.886. The highest BCUT2D eigenvalue weighted by molar-refractivity contribution is 5.91. The molecule has 0 aliphatic heterocycles. The van der Waals surface area contributed by atoms with Crippen molar-refractivity contribution in [2.75, 3.05) is 7.11 Å². The second kappa shape index (κ2) is 5.39. The SMILES string of the molecule is COc1ccc(CNC(=O)[C@@H]2C[C@H]2C2CC2)cc1C(=O)O. The molecule has 0 aromatic heterocycles. The van der Waals surface area contributed by atoms with Gasteiger partial charge in [-0.2, -0.15) is 0 Å². The lowest BCUT2D eigenvalue weighted by atomic mass is 10.1. The minimum absolute atomic E-state index is 0.0968. The van der Waals surface area contributed by atoms with Gasteiger partial charge in [0, 0.05) is 12.5 Å². The number of carbonyl (C=O) groups is 2. The Morgan fingerprint density at radius 1 is 1.38 bits per heavy atom. The van der Waals surface area contributed by atoms with Gasteiger partial charge in [-0.1, -0.05) is 6.07 Å². The molecule has 1 aromatic rings. The normalized spacial score (nSPS) is 23.5. The Hall–Kier alpha value is -2.04. The van der Waals surface area contributed by atoms with E-state index in [-0.39, 0.29) is 17.4 Å². The summed E-state index contributed by atoms with van der Waals surface area (Å²) < 4.78 is 5.01. The highest BCUT2D eigenvalue weighted by Crippen LogP contribution is 2.54. The number of carboxylic acid groups (broad SMARTS) is 1. The van der Waals surface area contributed by atoms with Crippen molar-refractivity contribution in [3.8, 4) is 5.75 Å². The summed E-state index contributed by atoms with van der Waals surface area (Å²) in [6, 6.07) is 4.94. The molecule has 2 saturated carbocycles. The van der Waals surface area contributed by atoms with Crippen molar-refractivity contribution in [1.82, 2.24) is 5.32 Å². The Labute approximate surface area is 123 Å². The second-order valence-electron chi connectivity index (χ2n) is 5.90. The van der Waals surface area contributed by atoms with Crippen LogP contribution in [0, 0.1) is 17.8 Å². The number of ether oxygens (including phenoxy) is 1. The predicted octanol–water partition coefficient (Wildman–Crippen LogP) is 2.06. The molecule has 0 radical (unpaired) electrons. The zero-order valence-electron chi connectivity index (χ0n) is 12.0. The lowest BCUT2D eigenvalue weighted by molar-refractivity contribution is -0.122. The third kappa shape index (κ3) is 3.01. The number of hydrogen-bond acceptors (Lipinski definition) is 3. The Balaban J connectivity index is 1.58. The summed E-state index contributed by atoms with van der Waals surface area (Å²) in [5, 5.41) is 12.0. The van der Waals surface area contributed by atoms with Crippen LogP contribution in [0.4, 0.5) is 0 Å². The Bertz CT molecular complexity index is 580. The Morgan fingerprint density at radius 3 is 2.76 bits per heavy atom. The van der Waals surface area contributed by atoms with Crippen LogP contribution < -0.4 is 10.1 Å². The van der Waals surface area contributed by atoms with Gasteiger partial charge >= 0.3 is 5.97 Å². The lowest BCUT2D eigenvalue weighted by Gasteiger charge is -2.09. The minimum Gasteiger partial charge on any atom is -0.496 e. The monoisotopic (exact) mass is 289 g/mol. The number of aromatic carboxylic acids is 1. The number of carboxylic acids is 1. The van der Waals surface area contributed by atoms with Crippen molar-refractivity contribution in [2.24, 2.45) is 17.8 Å². The van der Waals surface area contributed by atoms with Gasteiger partial charge in [-0.15, -0.1) is 0 Å². The summed E-state index contributed by atoms with van der Waals surface area (Å²) in [4.78, 5) is 23.2. The molecule has 112 valence electrons. The molecule has 5 heteroatoms. The number of hydrogen-bond donors (Lipinski definition) is 2. The van der Waals surface area contributed by atoms with Crippen LogP contribution in [-0.2, 0) is 11.3 Å². The molecule has 0 heterocycles. The van der Waals surface area contributed by atoms with Crippen LogP contribution in [0.15, 0.2) is 18.2 Å².